The van der Waals surface area contributed by atoms with Gasteiger partial charge in [-0.25, -0.2) is 12.7 Å². The lowest BCUT2D eigenvalue weighted by Gasteiger charge is -2.14. The van der Waals surface area contributed by atoms with Crippen LogP contribution < -0.4 is 0 Å². The summed E-state index contributed by atoms with van der Waals surface area (Å²) in [6.07, 6.45) is 0.871. The van der Waals surface area contributed by atoms with E-state index in [2.05, 4.69) is 0 Å². The third-order valence-corrected chi connectivity index (χ3v) is 4.56. The van der Waals surface area contributed by atoms with Gasteiger partial charge in [-0.15, -0.1) is 11.6 Å². The molecule has 1 rings (SSSR count). The second kappa shape index (κ2) is 5.30. The predicted octanol–water partition coefficient (Wildman–Crippen LogP) is 0.871. The van der Waals surface area contributed by atoms with E-state index < -0.39 is 10.0 Å². The molecule has 0 amide bonds. The van der Waals surface area contributed by atoms with Crippen LogP contribution in [-0.4, -0.2) is 44.2 Å². The van der Waals surface area contributed by atoms with Crippen molar-refractivity contribution >= 4 is 21.6 Å². The SMILES string of the molecule is CCOCC1CCN(S(=O)(=O)CCl)C1. The van der Waals surface area contributed by atoms with Crippen LogP contribution in [0.4, 0.5) is 0 Å². The summed E-state index contributed by atoms with van der Waals surface area (Å²) in [5, 5.41) is -0.325. The minimum absolute atomic E-state index is 0.325. The fraction of sp³-hybridized carbons (Fsp3) is 1.00. The molecule has 6 heteroatoms. The molecule has 1 atom stereocenters. The summed E-state index contributed by atoms with van der Waals surface area (Å²) in [4.78, 5) is 0. The molecule has 1 unspecified atom stereocenters. The molecule has 14 heavy (non-hydrogen) atoms. The van der Waals surface area contributed by atoms with E-state index in [0.717, 1.165) is 6.42 Å². The van der Waals surface area contributed by atoms with Gasteiger partial charge in [0.25, 0.3) is 0 Å². The van der Waals surface area contributed by atoms with Crippen LogP contribution in [0.1, 0.15) is 13.3 Å². The standard InChI is InChI=1S/C8H16ClNO3S/c1-2-13-6-8-3-4-10(5-8)14(11,12)7-9/h8H,2-7H2,1H3. The van der Waals surface area contributed by atoms with Gasteiger partial charge >= 0.3 is 0 Å². The van der Waals surface area contributed by atoms with Crippen molar-refractivity contribution in [2.24, 2.45) is 5.92 Å². The average Bonchev–Trinajstić information content (AvgIpc) is 2.63. The Morgan fingerprint density at radius 3 is 2.86 bits per heavy atom. The van der Waals surface area contributed by atoms with Crippen LogP contribution in [0.5, 0.6) is 0 Å². The quantitative estimate of drug-likeness (QED) is 0.671. The smallest absolute Gasteiger partial charge is 0.228 e. The first-order chi connectivity index (χ1) is 6.60. The maximum atomic E-state index is 11.4. The molecule has 84 valence electrons. The van der Waals surface area contributed by atoms with Crippen molar-refractivity contribution in [1.29, 1.82) is 0 Å². The summed E-state index contributed by atoms with van der Waals surface area (Å²) in [7, 11) is -3.21. The monoisotopic (exact) mass is 241 g/mol. The summed E-state index contributed by atoms with van der Waals surface area (Å²) in [6.45, 7) is 4.38. The molecule has 0 N–H and O–H groups in total. The molecule has 0 saturated carbocycles. The Morgan fingerprint density at radius 1 is 1.57 bits per heavy atom. The molecule has 0 radical (unpaired) electrons. The van der Waals surface area contributed by atoms with E-state index in [1.165, 1.54) is 4.31 Å². The Morgan fingerprint density at radius 2 is 2.29 bits per heavy atom. The minimum Gasteiger partial charge on any atom is -0.381 e. The zero-order chi connectivity index (χ0) is 10.6. The van der Waals surface area contributed by atoms with Gasteiger partial charge in [0, 0.05) is 19.7 Å². The van der Waals surface area contributed by atoms with Crippen molar-refractivity contribution in [2.45, 2.75) is 13.3 Å². The van der Waals surface area contributed by atoms with Crippen molar-refractivity contribution < 1.29 is 13.2 Å². The van der Waals surface area contributed by atoms with Crippen LogP contribution in [0.25, 0.3) is 0 Å². The predicted molar refractivity (Wildman–Crippen MR) is 55.8 cm³/mol. The van der Waals surface area contributed by atoms with Gasteiger partial charge in [-0.05, 0) is 19.3 Å². The lowest BCUT2D eigenvalue weighted by Crippen LogP contribution is -2.30. The van der Waals surface area contributed by atoms with Crippen LogP contribution in [0.3, 0.4) is 0 Å². The van der Waals surface area contributed by atoms with Gasteiger partial charge in [-0.3, -0.25) is 0 Å². The summed E-state index contributed by atoms with van der Waals surface area (Å²) < 4.78 is 29.5. The van der Waals surface area contributed by atoms with Gasteiger partial charge in [0.1, 0.15) is 5.21 Å². The number of sulfonamides is 1. The van der Waals surface area contributed by atoms with Crippen molar-refractivity contribution in [1.82, 2.24) is 4.31 Å². The number of nitrogens with zero attached hydrogens (tertiary/aromatic N) is 1. The molecule has 4 nitrogen and oxygen atoms in total. The number of rotatable bonds is 5. The van der Waals surface area contributed by atoms with Gasteiger partial charge in [0.15, 0.2) is 0 Å². The van der Waals surface area contributed by atoms with Gasteiger partial charge in [0.2, 0.25) is 10.0 Å². The van der Waals surface area contributed by atoms with Crippen LogP contribution in [-0.2, 0) is 14.8 Å². The Balaban J connectivity index is 2.41. The molecule has 0 aliphatic carbocycles. The topological polar surface area (TPSA) is 46.6 Å². The molecule has 1 aliphatic rings. The van der Waals surface area contributed by atoms with Crippen molar-refractivity contribution in [3.63, 3.8) is 0 Å². The molecular formula is C8H16ClNO3S. The van der Waals surface area contributed by atoms with Gasteiger partial charge in [-0.1, -0.05) is 0 Å². The fourth-order valence-corrected chi connectivity index (χ4v) is 2.91. The fourth-order valence-electron chi connectivity index (χ4n) is 1.54. The number of halogens is 1. The molecule has 1 aliphatic heterocycles. The lowest BCUT2D eigenvalue weighted by molar-refractivity contribution is 0.115. The molecule has 0 bridgehead atoms. The van der Waals surface area contributed by atoms with Crippen LogP contribution >= 0.6 is 11.6 Å². The highest BCUT2D eigenvalue weighted by atomic mass is 35.5. The van der Waals surface area contributed by atoms with Crippen molar-refractivity contribution in [2.75, 3.05) is 31.5 Å². The maximum Gasteiger partial charge on any atom is 0.228 e. The lowest BCUT2D eigenvalue weighted by atomic mass is 10.1. The second-order valence-electron chi connectivity index (χ2n) is 3.39. The molecule has 0 aromatic rings. The third-order valence-electron chi connectivity index (χ3n) is 2.34. The molecule has 1 fully saturated rings. The zero-order valence-corrected chi connectivity index (χ0v) is 9.85. The van der Waals surface area contributed by atoms with E-state index >= 15 is 0 Å². The summed E-state index contributed by atoms with van der Waals surface area (Å²) in [5.74, 6) is 0.327. The Kier molecular flexibility index (Phi) is 4.63. The maximum absolute atomic E-state index is 11.4. The van der Waals surface area contributed by atoms with Gasteiger partial charge in [-0.2, -0.15) is 0 Å². The van der Waals surface area contributed by atoms with E-state index in [-0.39, 0.29) is 5.21 Å². The molecular weight excluding hydrogens is 226 g/mol. The number of ether oxygens (including phenoxy) is 1. The van der Waals surface area contributed by atoms with E-state index in [0.29, 0.717) is 32.2 Å². The minimum atomic E-state index is -3.21. The first kappa shape index (κ1) is 12.2. The summed E-state index contributed by atoms with van der Waals surface area (Å²) in [5.41, 5.74) is 0. The number of alkyl halides is 1. The first-order valence-electron chi connectivity index (χ1n) is 4.71. The molecule has 0 aromatic heterocycles. The largest absolute Gasteiger partial charge is 0.381 e. The van der Waals surface area contributed by atoms with E-state index in [9.17, 15) is 8.42 Å². The molecule has 0 spiro atoms. The van der Waals surface area contributed by atoms with Gasteiger partial charge in [0.05, 0.1) is 6.61 Å². The first-order valence-corrected chi connectivity index (χ1v) is 6.86. The highest BCUT2D eigenvalue weighted by Gasteiger charge is 2.30. The number of hydrogen-bond acceptors (Lipinski definition) is 3. The van der Waals surface area contributed by atoms with Crippen molar-refractivity contribution in [3.05, 3.63) is 0 Å². The van der Waals surface area contributed by atoms with E-state index in [1.54, 1.807) is 0 Å². The average molecular weight is 242 g/mol. The highest BCUT2D eigenvalue weighted by Crippen LogP contribution is 2.20. The van der Waals surface area contributed by atoms with Crippen LogP contribution in [0.2, 0.25) is 0 Å². The van der Waals surface area contributed by atoms with Crippen molar-refractivity contribution in [3.8, 4) is 0 Å². The zero-order valence-electron chi connectivity index (χ0n) is 8.28. The molecule has 1 saturated heterocycles. The third kappa shape index (κ3) is 3.08. The van der Waals surface area contributed by atoms with Crippen LogP contribution in [0, 0.1) is 5.92 Å². The summed E-state index contributed by atoms with van der Waals surface area (Å²) >= 11 is 5.36. The Labute approximate surface area is 90.2 Å². The highest BCUT2D eigenvalue weighted by molar-refractivity contribution is 7.90. The Bertz CT molecular complexity index is 268. The second-order valence-corrected chi connectivity index (χ2v) is 5.95. The summed E-state index contributed by atoms with van der Waals surface area (Å²) in [6, 6.07) is 0. The number of hydrogen-bond donors (Lipinski definition) is 0. The molecule has 0 aromatic carbocycles. The van der Waals surface area contributed by atoms with Gasteiger partial charge < -0.3 is 4.74 Å². The Hall–Kier alpha value is 0.160. The molecule has 1 heterocycles. The van der Waals surface area contributed by atoms with E-state index in [4.69, 9.17) is 16.3 Å². The normalized spacial score (nSPS) is 24.3. The van der Waals surface area contributed by atoms with Crippen LogP contribution in [0.15, 0.2) is 0 Å². The van der Waals surface area contributed by atoms with E-state index in [1.807, 2.05) is 6.92 Å².